The topological polar surface area (TPSA) is 68.2 Å². The predicted molar refractivity (Wildman–Crippen MR) is 107 cm³/mol. The number of aromatic nitrogens is 3. The number of hydrogen-bond donors (Lipinski definition) is 2. The van der Waals surface area contributed by atoms with Gasteiger partial charge in [0.15, 0.2) is 11.6 Å². The van der Waals surface area contributed by atoms with Gasteiger partial charge >= 0.3 is 0 Å². The van der Waals surface area contributed by atoms with Crippen LogP contribution < -0.4 is 11.1 Å². The molecular formula is C17H17BrClF2N5S. The van der Waals surface area contributed by atoms with Gasteiger partial charge in [-0.05, 0) is 64.7 Å². The van der Waals surface area contributed by atoms with E-state index in [0.29, 0.717) is 35.4 Å². The maximum atomic E-state index is 15.2. The molecule has 0 aliphatic heterocycles. The Kier molecular flexibility index (Phi) is 5.13. The van der Waals surface area contributed by atoms with E-state index in [9.17, 15) is 4.39 Å². The molecule has 5 nitrogen and oxygen atoms in total. The number of thiophene rings is 1. The van der Waals surface area contributed by atoms with E-state index in [0.717, 1.165) is 4.88 Å². The van der Waals surface area contributed by atoms with Crippen molar-refractivity contribution in [2.24, 2.45) is 5.73 Å². The van der Waals surface area contributed by atoms with Gasteiger partial charge in [0, 0.05) is 16.5 Å². The Morgan fingerprint density at radius 1 is 1.48 bits per heavy atom. The molecule has 3 aromatic rings. The molecule has 0 amide bonds. The van der Waals surface area contributed by atoms with Crippen LogP contribution in [0.15, 0.2) is 22.1 Å². The highest BCUT2D eigenvalue weighted by atomic mass is 79.9. The van der Waals surface area contributed by atoms with Crippen molar-refractivity contribution >= 4 is 50.2 Å². The standard InChI is InChI=1S/C17H17BrClF2N5S/c18-14-11(6-9(22)7-17(21)3-4-17)12(20)13-15(24-16(19)25-26(13)14)23-8-10-2-1-5-27-10/h1-2,5,9H,3-4,6-8,22H2,(H,23,24,25)/t9-/m1/s1. The molecule has 0 unspecified atom stereocenters. The fraction of sp³-hybridized carbons (Fsp3) is 0.412. The van der Waals surface area contributed by atoms with E-state index in [1.165, 1.54) is 4.52 Å². The van der Waals surface area contributed by atoms with Crippen molar-refractivity contribution in [1.29, 1.82) is 0 Å². The molecule has 144 valence electrons. The van der Waals surface area contributed by atoms with E-state index in [1.54, 1.807) is 11.3 Å². The number of anilines is 1. The van der Waals surface area contributed by atoms with E-state index in [1.807, 2.05) is 17.5 Å². The van der Waals surface area contributed by atoms with Crippen molar-refractivity contribution in [3.05, 3.63) is 43.7 Å². The molecule has 1 saturated carbocycles. The van der Waals surface area contributed by atoms with Crippen LogP contribution in [0.5, 0.6) is 0 Å². The summed E-state index contributed by atoms with van der Waals surface area (Å²) in [5.41, 5.74) is 5.42. The molecule has 3 heterocycles. The highest BCUT2D eigenvalue weighted by Crippen LogP contribution is 2.44. The van der Waals surface area contributed by atoms with E-state index >= 15 is 4.39 Å². The zero-order valence-electron chi connectivity index (χ0n) is 14.2. The predicted octanol–water partition coefficient (Wildman–Crippen LogP) is 4.72. The van der Waals surface area contributed by atoms with E-state index in [4.69, 9.17) is 17.3 Å². The number of nitrogens with zero attached hydrogens (tertiary/aromatic N) is 3. The molecule has 10 heteroatoms. The Morgan fingerprint density at radius 3 is 2.93 bits per heavy atom. The second-order valence-electron chi connectivity index (χ2n) is 6.83. The molecule has 0 bridgehead atoms. The van der Waals surface area contributed by atoms with Crippen molar-refractivity contribution < 1.29 is 8.78 Å². The third-order valence-corrected chi connectivity index (χ3v) is 6.48. The summed E-state index contributed by atoms with van der Waals surface area (Å²) in [5, 5.41) is 9.16. The molecule has 3 aromatic heterocycles. The van der Waals surface area contributed by atoms with E-state index < -0.39 is 17.5 Å². The summed E-state index contributed by atoms with van der Waals surface area (Å²) in [4.78, 5) is 5.22. The van der Waals surface area contributed by atoms with Gasteiger partial charge in [0.05, 0.1) is 6.54 Å². The molecule has 0 radical (unpaired) electrons. The first-order valence-electron chi connectivity index (χ1n) is 8.49. The van der Waals surface area contributed by atoms with Gasteiger partial charge in [-0.3, -0.25) is 0 Å². The molecule has 0 saturated heterocycles. The average molecular weight is 477 g/mol. The minimum atomic E-state index is -1.18. The summed E-state index contributed by atoms with van der Waals surface area (Å²) in [5.74, 6) is -0.183. The summed E-state index contributed by atoms with van der Waals surface area (Å²) in [6, 6.07) is 3.43. The molecule has 27 heavy (non-hydrogen) atoms. The van der Waals surface area contributed by atoms with Gasteiger partial charge in [0.1, 0.15) is 15.8 Å². The van der Waals surface area contributed by atoms with Gasteiger partial charge in [-0.2, -0.15) is 4.98 Å². The first-order chi connectivity index (χ1) is 12.9. The monoisotopic (exact) mass is 475 g/mol. The molecule has 3 N–H and O–H groups in total. The quantitative estimate of drug-likeness (QED) is 0.518. The van der Waals surface area contributed by atoms with Crippen molar-refractivity contribution in [3.63, 3.8) is 0 Å². The zero-order chi connectivity index (χ0) is 19.2. The highest BCUT2D eigenvalue weighted by molar-refractivity contribution is 9.10. The van der Waals surface area contributed by atoms with Gasteiger partial charge in [-0.15, -0.1) is 16.4 Å². The van der Waals surface area contributed by atoms with Crippen LogP contribution >= 0.6 is 38.9 Å². The first kappa shape index (κ1) is 19.0. The van der Waals surface area contributed by atoms with Gasteiger partial charge < -0.3 is 11.1 Å². The number of rotatable bonds is 7. The Morgan fingerprint density at radius 2 is 2.26 bits per heavy atom. The second kappa shape index (κ2) is 7.27. The van der Waals surface area contributed by atoms with Crippen LogP contribution in [0.3, 0.4) is 0 Å². The number of fused-ring (bicyclic) bond motifs is 1. The summed E-state index contributed by atoms with van der Waals surface area (Å²) >= 11 is 11.0. The fourth-order valence-corrected chi connectivity index (χ4v) is 4.52. The van der Waals surface area contributed by atoms with Crippen LogP contribution in [-0.4, -0.2) is 26.3 Å². The summed E-state index contributed by atoms with van der Waals surface area (Å²) < 4.78 is 30.9. The van der Waals surface area contributed by atoms with Crippen LogP contribution in [0.4, 0.5) is 14.6 Å². The molecule has 1 atom stereocenters. The summed E-state index contributed by atoms with van der Waals surface area (Å²) in [6.45, 7) is 0.488. The van der Waals surface area contributed by atoms with Crippen LogP contribution in [0, 0.1) is 5.82 Å². The number of nitrogens with two attached hydrogens (primary N) is 1. The van der Waals surface area contributed by atoms with E-state index in [-0.39, 0.29) is 23.6 Å². The van der Waals surface area contributed by atoms with Gasteiger partial charge in [-0.25, -0.2) is 13.3 Å². The molecule has 4 rings (SSSR count). The van der Waals surface area contributed by atoms with Crippen molar-refractivity contribution in [3.8, 4) is 0 Å². The number of halogens is 4. The molecule has 1 fully saturated rings. The second-order valence-corrected chi connectivity index (χ2v) is 8.95. The largest absolute Gasteiger partial charge is 0.363 e. The van der Waals surface area contributed by atoms with Gasteiger partial charge in [0.25, 0.3) is 0 Å². The van der Waals surface area contributed by atoms with Gasteiger partial charge in [0.2, 0.25) is 5.28 Å². The number of hydrogen-bond acceptors (Lipinski definition) is 5. The van der Waals surface area contributed by atoms with Crippen LogP contribution in [-0.2, 0) is 13.0 Å². The lowest BCUT2D eigenvalue weighted by Gasteiger charge is -2.13. The fourth-order valence-electron chi connectivity index (χ4n) is 3.13. The lowest BCUT2D eigenvalue weighted by atomic mass is 10.0. The Bertz CT molecular complexity index is 974. The average Bonchev–Trinajstić information content (AvgIpc) is 3.04. The molecule has 1 aliphatic rings. The zero-order valence-corrected chi connectivity index (χ0v) is 17.3. The molecule has 0 aromatic carbocycles. The summed E-state index contributed by atoms with van der Waals surface area (Å²) in [6.07, 6.45) is 1.48. The smallest absolute Gasteiger partial charge is 0.243 e. The summed E-state index contributed by atoms with van der Waals surface area (Å²) in [7, 11) is 0. The van der Waals surface area contributed by atoms with Crippen molar-refractivity contribution in [2.45, 2.75) is 43.9 Å². The Balaban J connectivity index is 1.65. The maximum Gasteiger partial charge on any atom is 0.243 e. The molecule has 0 spiro atoms. The lowest BCUT2D eigenvalue weighted by molar-refractivity contribution is 0.269. The Labute approximate surface area is 172 Å². The van der Waals surface area contributed by atoms with Gasteiger partial charge in [-0.1, -0.05) is 6.07 Å². The first-order valence-corrected chi connectivity index (χ1v) is 10.5. The minimum Gasteiger partial charge on any atom is -0.363 e. The maximum absolute atomic E-state index is 15.2. The lowest BCUT2D eigenvalue weighted by Crippen LogP contribution is -2.27. The third-order valence-electron chi connectivity index (χ3n) is 4.63. The Hall–Kier alpha value is -1.29. The van der Waals surface area contributed by atoms with E-state index in [2.05, 4.69) is 31.3 Å². The highest BCUT2D eigenvalue weighted by Gasteiger charge is 2.44. The number of alkyl halides is 1. The minimum absolute atomic E-state index is 0.0107. The van der Waals surface area contributed by atoms with Crippen LogP contribution in [0.1, 0.15) is 29.7 Å². The number of nitrogens with one attached hydrogen (secondary N) is 1. The van der Waals surface area contributed by atoms with Crippen molar-refractivity contribution in [1.82, 2.24) is 14.6 Å². The third kappa shape index (κ3) is 3.96. The molecule has 1 aliphatic carbocycles. The molecular weight excluding hydrogens is 460 g/mol. The van der Waals surface area contributed by atoms with Crippen molar-refractivity contribution in [2.75, 3.05) is 5.32 Å². The van der Waals surface area contributed by atoms with Crippen LogP contribution in [0.2, 0.25) is 5.28 Å². The normalized spacial score (nSPS) is 16.6. The van der Waals surface area contributed by atoms with Crippen LogP contribution in [0.25, 0.3) is 5.52 Å². The SMILES string of the molecule is N[C@H](Cc1c(F)c2c(NCc3cccs3)nc(Cl)nn2c1Br)CC1(F)CC1.